The minimum atomic E-state index is -0.768. The number of nitrogens with zero attached hydrogens (tertiary/aromatic N) is 1. The van der Waals surface area contributed by atoms with Gasteiger partial charge in [0.1, 0.15) is 17.0 Å². The molecule has 0 aliphatic carbocycles. The lowest BCUT2D eigenvalue weighted by Crippen LogP contribution is -2.16. The lowest BCUT2D eigenvalue weighted by atomic mass is 10.1. The topological polar surface area (TPSA) is 111 Å². The highest BCUT2D eigenvalue weighted by atomic mass is 16.4. The second-order valence-corrected chi connectivity index (χ2v) is 6.02. The van der Waals surface area contributed by atoms with Crippen LogP contribution in [0.15, 0.2) is 63.7 Å². The molecule has 0 aliphatic rings. The van der Waals surface area contributed by atoms with Crippen molar-refractivity contribution >= 4 is 28.5 Å². The number of amides is 2. The molecule has 27 heavy (non-hydrogen) atoms. The molecule has 134 valence electrons. The van der Waals surface area contributed by atoms with Gasteiger partial charge in [0.05, 0.1) is 0 Å². The molecule has 0 spiro atoms. The number of furan rings is 2. The maximum absolute atomic E-state index is 12.6. The third kappa shape index (κ3) is 3.06. The van der Waals surface area contributed by atoms with E-state index < -0.39 is 11.8 Å². The molecule has 0 fully saturated rings. The fraction of sp³-hybridized carbons (Fsp3) is 0.0500. The number of aromatic nitrogens is 1. The van der Waals surface area contributed by atoms with Gasteiger partial charge in [-0.05, 0) is 48.9 Å². The lowest BCUT2D eigenvalue weighted by molar-refractivity contribution is 0.0977. The van der Waals surface area contributed by atoms with Gasteiger partial charge in [-0.25, -0.2) is 0 Å². The second-order valence-electron chi connectivity index (χ2n) is 6.02. The zero-order valence-corrected chi connectivity index (χ0v) is 14.4. The van der Waals surface area contributed by atoms with Crippen LogP contribution in [0, 0.1) is 6.92 Å². The Balaban J connectivity index is 1.68. The first-order valence-corrected chi connectivity index (χ1v) is 8.17. The van der Waals surface area contributed by atoms with Crippen LogP contribution in [0.25, 0.3) is 22.3 Å². The largest absolute Gasteiger partial charge is 0.451 e. The molecular weight excluding hydrogens is 346 g/mol. The molecule has 1 aromatic carbocycles. The summed E-state index contributed by atoms with van der Waals surface area (Å²) in [4.78, 5) is 28.3. The first-order chi connectivity index (χ1) is 13.0. The van der Waals surface area contributed by atoms with Crippen LogP contribution in [-0.2, 0) is 0 Å². The van der Waals surface area contributed by atoms with Crippen molar-refractivity contribution in [2.75, 3.05) is 5.32 Å². The lowest BCUT2D eigenvalue weighted by Gasteiger charge is -2.03. The molecule has 0 radical (unpaired) electrons. The average molecular weight is 361 g/mol. The maximum Gasteiger partial charge on any atom is 0.291 e. The van der Waals surface area contributed by atoms with E-state index in [-0.39, 0.29) is 17.2 Å². The molecule has 0 saturated carbocycles. The SMILES string of the molecule is Cc1ccc2c(NC(=O)c3ccc(-c4ccncc4)o3)c(C(N)=O)oc2c1. The number of hydrogen-bond donors (Lipinski definition) is 2. The zero-order chi connectivity index (χ0) is 19.0. The number of pyridine rings is 1. The monoisotopic (exact) mass is 361 g/mol. The highest BCUT2D eigenvalue weighted by Gasteiger charge is 2.22. The number of nitrogens with one attached hydrogen (secondary N) is 1. The average Bonchev–Trinajstić information content (AvgIpc) is 3.28. The van der Waals surface area contributed by atoms with Crippen LogP contribution in [0.1, 0.15) is 26.7 Å². The third-order valence-electron chi connectivity index (χ3n) is 4.10. The van der Waals surface area contributed by atoms with Crippen molar-refractivity contribution < 1.29 is 18.4 Å². The van der Waals surface area contributed by atoms with Crippen LogP contribution in [0.2, 0.25) is 0 Å². The number of rotatable bonds is 4. The van der Waals surface area contributed by atoms with Crippen molar-refractivity contribution in [3.63, 3.8) is 0 Å². The zero-order valence-electron chi connectivity index (χ0n) is 14.4. The Labute approximate surface area is 153 Å². The number of aryl methyl sites for hydroxylation is 1. The van der Waals surface area contributed by atoms with Gasteiger partial charge in [0, 0.05) is 23.3 Å². The van der Waals surface area contributed by atoms with E-state index in [4.69, 9.17) is 14.6 Å². The Morgan fingerprint density at radius 1 is 1.04 bits per heavy atom. The molecule has 0 saturated heterocycles. The van der Waals surface area contributed by atoms with E-state index in [0.29, 0.717) is 16.7 Å². The number of carbonyl (C=O) groups excluding carboxylic acids is 2. The predicted molar refractivity (Wildman–Crippen MR) is 99.4 cm³/mol. The van der Waals surface area contributed by atoms with Crippen molar-refractivity contribution in [2.45, 2.75) is 6.92 Å². The van der Waals surface area contributed by atoms with Crippen molar-refractivity contribution in [2.24, 2.45) is 5.73 Å². The van der Waals surface area contributed by atoms with E-state index >= 15 is 0 Å². The molecule has 7 heteroatoms. The van der Waals surface area contributed by atoms with Crippen molar-refractivity contribution in [1.82, 2.24) is 4.98 Å². The first kappa shape index (κ1) is 16.6. The summed E-state index contributed by atoms with van der Waals surface area (Å²) in [6.07, 6.45) is 3.27. The van der Waals surface area contributed by atoms with E-state index in [9.17, 15) is 9.59 Å². The summed E-state index contributed by atoms with van der Waals surface area (Å²) in [6.45, 7) is 1.90. The molecular formula is C20H15N3O4. The Morgan fingerprint density at radius 3 is 2.56 bits per heavy atom. The molecule has 0 aliphatic heterocycles. The van der Waals surface area contributed by atoms with Crippen molar-refractivity contribution in [1.29, 1.82) is 0 Å². The number of anilines is 1. The van der Waals surface area contributed by atoms with Crippen LogP contribution in [0.5, 0.6) is 0 Å². The number of nitrogens with two attached hydrogens (primary N) is 1. The van der Waals surface area contributed by atoms with Crippen LogP contribution in [0.3, 0.4) is 0 Å². The van der Waals surface area contributed by atoms with Gasteiger partial charge < -0.3 is 19.9 Å². The summed E-state index contributed by atoms with van der Waals surface area (Å²) < 4.78 is 11.2. The number of hydrogen-bond acceptors (Lipinski definition) is 5. The van der Waals surface area contributed by atoms with Gasteiger partial charge in [-0.1, -0.05) is 6.07 Å². The van der Waals surface area contributed by atoms with E-state index in [1.165, 1.54) is 0 Å². The Bertz CT molecular complexity index is 1160. The number of primary amides is 1. The Morgan fingerprint density at radius 2 is 1.81 bits per heavy atom. The van der Waals surface area contributed by atoms with Gasteiger partial charge in [0.25, 0.3) is 11.8 Å². The molecule has 3 N–H and O–H groups in total. The van der Waals surface area contributed by atoms with Crippen molar-refractivity contribution in [3.8, 4) is 11.3 Å². The minimum absolute atomic E-state index is 0.0960. The number of carbonyl (C=O) groups is 2. The summed E-state index contributed by atoms with van der Waals surface area (Å²) in [5, 5.41) is 3.26. The molecule has 0 bridgehead atoms. The van der Waals surface area contributed by atoms with E-state index in [0.717, 1.165) is 11.1 Å². The van der Waals surface area contributed by atoms with E-state index in [2.05, 4.69) is 10.3 Å². The van der Waals surface area contributed by atoms with E-state index in [1.807, 2.05) is 13.0 Å². The fourth-order valence-electron chi connectivity index (χ4n) is 2.81. The third-order valence-corrected chi connectivity index (χ3v) is 4.10. The second kappa shape index (κ2) is 6.45. The van der Waals surface area contributed by atoms with Crippen LogP contribution in [0.4, 0.5) is 5.69 Å². The van der Waals surface area contributed by atoms with Gasteiger partial charge in [-0.2, -0.15) is 0 Å². The summed E-state index contributed by atoms with van der Waals surface area (Å²) in [6, 6.07) is 12.2. The number of benzene rings is 1. The standard InChI is InChI=1S/C20H15N3O4/c1-11-2-3-13-16(10-11)27-18(19(21)24)17(13)23-20(25)15-5-4-14(26-15)12-6-8-22-9-7-12/h2-10H,1H3,(H2,21,24)(H,23,25). The first-order valence-electron chi connectivity index (χ1n) is 8.17. The van der Waals surface area contributed by atoms with Gasteiger partial charge in [0.15, 0.2) is 5.76 Å². The quantitative estimate of drug-likeness (QED) is 0.575. The van der Waals surface area contributed by atoms with Gasteiger partial charge >= 0.3 is 0 Å². The highest BCUT2D eigenvalue weighted by molar-refractivity contribution is 6.13. The van der Waals surface area contributed by atoms with Crippen LogP contribution < -0.4 is 11.1 Å². The summed E-state index contributed by atoms with van der Waals surface area (Å²) in [5.74, 6) is -0.758. The minimum Gasteiger partial charge on any atom is -0.451 e. The smallest absolute Gasteiger partial charge is 0.291 e. The summed E-state index contributed by atoms with van der Waals surface area (Å²) >= 11 is 0. The summed E-state index contributed by atoms with van der Waals surface area (Å²) in [7, 11) is 0. The predicted octanol–water partition coefficient (Wildman–Crippen LogP) is 3.75. The molecule has 4 rings (SSSR count). The summed E-state index contributed by atoms with van der Waals surface area (Å²) in [5.41, 5.74) is 7.85. The van der Waals surface area contributed by atoms with E-state index in [1.54, 1.807) is 48.8 Å². The maximum atomic E-state index is 12.6. The molecule has 3 heterocycles. The highest BCUT2D eigenvalue weighted by Crippen LogP contribution is 2.32. The molecule has 0 atom stereocenters. The van der Waals surface area contributed by atoms with Gasteiger partial charge in [0.2, 0.25) is 5.76 Å². The Hall–Kier alpha value is -3.87. The molecule has 3 aromatic heterocycles. The van der Waals surface area contributed by atoms with Gasteiger partial charge in [-0.3, -0.25) is 14.6 Å². The molecule has 4 aromatic rings. The fourth-order valence-corrected chi connectivity index (χ4v) is 2.81. The Kier molecular flexibility index (Phi) is 3.97. The number of fused-ring (bicyclic) bond motifs is 1. The normalized spacial score (nSPS) is 10.9. The van der Waals surface area contributed by atoms with Crippen LogP contribution >= 0.6 is 0 Å². The molecule has 7 nitrogen and oxygen atoms in total. The molecule has 2 amide bonds. The van der Waals surface area contributed by atoms with Crippen LogP contribution in [-0.4, -0.2) is 16.8 Å². The van der Waals surface area contributed by atoms with Crippen molar-refractivity contribution in [3.05, 3.63) is 71.9 Å². The van der Waals surface area contributed by atoms with Gasteiger partial charge in [-0.15, -0.1) is 0 Å². The molecule has 0 unspecified atom stereocenters.